The lowest BCUT2D eigenvalue weighted by molar-refractivity contribution is 0.560. The molecule has 0 unspecified atom stereocenters. The zero-order chi connectivity index (χ0) is 22.0. The molecule has 4 aromatic rings. The van der Waals surface area contributed by atoms with Crippen LogP contribution in [-0.4, -0.2) is 19.5 Å². The molecular formula is C23H21FN2O3S2. The summed E-state index contributed by atoms with van der Waals surface area (Å²) in [7, 11) is -2.16. The minimum Gasteiger partial charge on any atom is -0.302 e. The monoisotopic (exact) mass is 456 g/mol. The van der Waals surface area contributed by atoms with E-state index < -0.39 is 10.0 Å². The Labute approximate surface area is 183 Å². The molecule has 1 atom stereocenters. The van der Waals surface area contributed by atoms with E-state index in [9.17, 15) is 17.6 Å². The lowest BCUT2D eigenvalue weighted by Crippen LogP contribution is -2.29. The Morgan fingerprint density at radius 3 is 2.48 bits per heavy atom. The minimum absolute atomic E-state index is 0.0968. The average Bonchev–Trinajstić information content (AvgIpc) is 3.06. The maximum atomic E-state index is 14.2. The third kappa shape index (κ3) is 4.61. The Morgan fingerprint density at radius 2 is 1.74 bits per heavy atom. The molecule has 0 radical (unpaired) electrons. The van der Waals surface area contributed by atoms with Crippen molar-refractivity contribution in [3.05, 3.63) is 99.4 Å². The van der Waals surface area contributed by atoms with Crippen molar-refractivity contribution < 1.29 is 12.8 Å². The molecule has 0 amide bonds. The van der Waals surface area contributed by atoms with Crippen molar-refractivity contribution in [2.45, 2.75) is 17.2 Å². The van der Waals surface area contributed by atoms with Gasteiger partial charge in [0.1, 0.15) is 5.82 Å². The molecule has 31 heavy (non-hydrogen) atoms. The molecule has 4 rings (SSSR count). The number of rotatable bonds is 7. The van der Waals surface area contributed by atoms with E-state index in [1.54, 1.807) is 31.3 Å². The van der Waals surface area contributed by atoms with Crippen LogP contribution in [0.1, 0.15) is 17.0 Å². The van der Waals surface area contributed by atoms with Gasteiger partial charge in [0, 0.05) is 19.5 Å². The summed E-state index contributed by atoms with van der Waals surface area (Å²) >= 11 is 1.01. The zero-order valence-electron chi connectivity index (χ0n) is 16.8. The lowest BCUT2D eigenvalue weighted by atomic mass is 9.92. The van der Waals surface area contributed by atoms with Crippen molar-refractivity contribution in [3.8, 4) is 0 Å². The van der Waals surface area contributed by atoms with E-state index in [-0.39, 0.29) is 28.0 Å². The standard InChI is InChI=1S/C23H21FN2O3S2/c1-26-21-12-11-19(14-22(21)30-23(26)27)31(28,29)25-15-18(16-7-3-2-4-8-16)13-17-9-5-6-10-20(17)24/h2-12,14,18,25H,13,15H2,1H3/t18-/m1/s1. The fourth-order valence-corrected chi connectivity index (χ4v) is 5.64. The smallest absolute Gasteiger partial charge is 0.302 e. The molecule has 0 bridgehead atoms. The van der Waals surface area contributed by atoms with Gasteiger partial charge in [-0.2, -0.15) is 0 Å². The first-order chi connectivity index (χ1) is 14.8. The molecular weight excluding hydrogens is 435 g/mol. The first-order valence-electron chi connectivity index (χ1n) is 9.73. The van der Waals surface area contributed by atoms with Crippen LogP contribution in [0.3, 0.4) is 0 Å². The Balaban J connectivity index is 1.60. The number of thiazole rings is 1. The van der Waals surface area contributed by atoms with Crippen LogP contribution in [0.4, 0.5) is 4.39 Å². The van der Waals surface area contributed by atoms with E-state index in [0.29, 0.717) is 22.2 Å². The summed E-state index contributed by atoms with van der Waals surface area (Å²) in [6, 6.07) is 20.6. The second-order valence-electron chi connectivity index (χ2n) is 7.31. The van der Waals surface area contributed by atoms with Gasteiger partial charge in [-0.25, -0.2) is 17.5 Å². The summed E-state index contributed by atoms with van der Waals surface area (Å²) in [5, 5.41) is 0. The van der Waals surface area contributed by atoms with E-state index in [0.717, 1.165) is 16.9 Å². The van der Waals surface area contributed by atoms with Gasteiger partial charge in [0.05, 0.1) is 15.1 Å². The quantitative estimate of drug-likeness (QED) is 0.456. The second-order valence-corrected chi connectivity index (χ2v) is 10.1. The molecule has 0 aliphatic carbocycles. The van der Waals surface area contributed by atoms with E-state index in [2.05, 4.69) is 4.72 Å². The molecule has 1 aromatic heterocycles. The van der Waals surface area contributed by atoms with Gasteiger partial charge in [0.2, 0.25) is 10.0 Å². The largest absolute Gasteiger partial charge is 0.307 e. The van der Waals surface area contributed by atoms with E-state index in [1.807, 2.05) is 30.3 Å². The maximum Gasteiger partial charge on any atom is 0.307 e. The van der Waals surface area contributed by atoms with Crippen LogP contribution in [0.15, 0.2) is 82.5 Å². The van der Waals surface area contributed by atoms with Gasteiger partial charge < -0.3 is 4.57 Å². The number of aromatic nitrogens is 1. The normalized spacial score (nSPS) is 12.8. The summed E-state index contributed by atoms with van der Waals surface area (Å²) in [4.78, 5) is 11.8. The average molecular weight is 457 g/mol. The molecule has 0 aliphatic rings. The van der Waals surface area contributed by atoms with Crippen molar-refractivity contribution >= 4 is 31.6 Å². The highest BCUT2D eigenvalue weighted by Crippen LogP contribution is 2.24. The minimum atomic E-state index is -3.81. The number of nitrogens with one attached hydrogen (secondary N) is 1. The SMILES string of the molecule is Cn1c(=O)sc2cc(S(=O)(=O)NC[C@@H](Cc3ccccc3F)c3ccccc3)ccc21. The van der Waals surface area contributed by atoms with Gasteiger partial charge in [0.15, 0.2) is 0 Å². The molecule has 1 N–H and O–H groups in total. The molecule has 0 saturated carbocycles. The topological polar surface area (TPSA) is 68.2 Å². The Morgan fingerprint density at radius 1 is 1.03 bits per heavy atom. The summed E-state index contributed by atoms with van der Waals surface area (Å²) in [6.45, 7) is 0.115. The van der Waals surface area contributed by atoms with Crippen LogP contribution in [0.5, 0.6) is 0 Å². The first-order valence-corrected chi connectivity index (χ1v) is 12.0. The van der Waals surface area contributed by atoms with Crippen molar-refractivity contribution in [1.29, 1.82) is 0 Å². The van der Waals surface area contributed by atoms with Gasteiger partial charge >= 0.3 is 4.87 Å². The van der Waals surface area contributed by atoms with Crippen molar-refractivity contribution in [2.24, 2.45) is 7.05 Å². The molecule has 3 aromatic carbocycles. The summed E-state index contributed by atoms with van der Waals surface area (Å²) in [6.07, 6.45) is 0.360. The van der Waals surface area contributed by atoms with Gasteiger partial charge in [0.25, 0.3) is 0 Å². The number of sulfonamides is 1. The van der Waals surface area contributed by atoms with Crippen LogP contribution in [0, 0.1) is 5.82 Å². The number of hydrogen-bond acceptors (Lipinski definition) is 4. The number of benzene rings is 3. The second kappa shape index (κ2) is 8.74. The van der Waals surface area contributed by atoms with Crippen molar-refractivity contribution in [1.82, 2.24) is 9.29 Å². The van der Waals surface area contributed by atoms with Gasteiger partial charge in [-0.05, 0) is 41.8 Å². The summed E-state index contributed by atoms with van der Waals surface area (Å²) in [5.41, 5.74) is 2.15. The van der Waals surface area contributed by atoms with Crippen LogP contribution in [0.2, 0.25) is 0 Å². The third-order valence-electron chi connectivity index (χ3n) is 5.29. The lowest BCUT2D eigenvalue weighted by Gasteiger charge is -2.19. The van der Waals surface area contributed by atoms with Crippen molar-refractivity contribution in [3.63, 3.8) is 0 Å². The number of nitrogens with zero attached hydrogens (tertiary/aromatic N) is 1. The fraction of sp³-hybridized carbons (Fsp3) is 0.174. The number of hydrogen-bond donors (Lipinski definition) is 1. The predicted molar refractivity (Wildman–Crippen MR) is 122 cm³/mol. The number of fused-ring (bicyclic) bond motifs is 1. The van der Waals surface area contributed by atoms with Crippen LogP contribution in [0.25, 0.3) is 10.2 Å². The molecule has 8 heteroatoms. The molecule has 0 saturated heterocycles. The number of aryl methyl sites for hydroxylation is 1. The highest BCUT2D eigenvalue weighted by atomic mass is 32.2. The van der Waals surface area contributed by atoms with Gasteiger partial charge in [-0.1, -0.05) is 59.9 Å². The molecule has 1 heterocycles. The maximum absolute atomic E-state index is 14.2. The summed E-state index contributed by atoms with van der Waals surface area (Å²) in [5.74, 6) is -0.555. The predicted octanol–water partition coefficient (Wildman–Crippen LogP) is 4.04. The zero-order valence-corrected chi connectivity index (χ0v) is 18.4. The van der Waals surface area contributed by atoms with Gasteiger partial charge in [-0.15, -0.1) is 0 Å². The Hall–Kier alpha value is -2.81. The fourth-order valence-electron chi connectivity index (χ4n) is 3.54. The molecule has 160 valence electrons. The third-order valence-corrected chi connectivity index (χ3v) is 7.71. The van der Waals surface area contributed by atoms with Crippen molar-refractivity contribution in [2.75, 3.05) is 6.54 Å². The highest BCUT2D eigenvalue weighted by Gasteiger charge is 2.20. The Kier molecular flexibility index (Phi) is 6.04. The number of halogens is 1. The Bertz CT molecular complexity index is 1380. The van der Waals surface area contributed by atoms with E-state index in [4.69, 9.17) is 0 Å². The van der Waals surface area contributed by atoms with E-state index >= 15 is 0 Å². The molecule has 0 spiro atoms. The van der Waals surface area contributed by atoms with Crippen LogP contribution in [-0.2, 0) is 23.5 Å². The van der Waals surface area contributed by atoms with Crippen LogP contribution < -0.4 is 9.60 Å². The molecule has 0 fully saturated rings. The molecule has 5 nitrogen and oxygen atoms in total. The summed E-state index contributed by atoms with van der Waals surface area (Å²) < 4.78 is 44.9. The highest BCUT2D eigenvalue weighted by molar-refractivity contribution is 7.89. The first kappa shape index (κ1) is 21.4. The van der Waals surface area contributed by atoms with Gasteiger partial charge in [-0.3, -0.25) is 4.79 Å². The van der Waals surface area contributed by atoms with Crippen LogP contribution >= 0.6 is 11.3 Å². The van der Waals surface area contributed by atoms with E-state index in [1.165, 1.54) is 22.8 Å². The molecule has 0 aliphatic heterocycles.